The van der Waals surface area contributed by atoms with Crippen molar-refractivity contribution in [2.75, 3.05) is 0 Å². The molecule has 4 heteroatoms. The number of carbonyl (C=O) groups excluding carboxylic acids is 1. The van der Waals surface area contributed by atoms with Gasteiger partial charge in [0.2, 0.25) is 0 Å². The quantitative estimate of drug-likeness (QED) is 0.758. The van der Waals surface area contributed by atoms with Gasteiger partial charge in [0.05, 0.1) is 4.70 Å². The first-order valence-corrected chi connectivity index (χ1v) is 4.99. The van der Waals surface area contributed by atoms with Crippen molar-refractivity contribution in [3.63, 3.8) is 0 Å². The van der Waals surface area contributed by atoms with Crippen LogP contribution in [0.15, 0.2) is 27.4 Å². The Hall–Kier alpha value is -1.42. The zero-order valence-corrected chi connectivity index (χ0v) is 8.39. The van der Waals surface area contributed by atoms with Gasteiger partial charge in [0.15, 0.2) is 0 Å². The van der Waals surface area contributed by atoms with Gasteiger partial charge in [0, 0.05) is 6.42 Å². The third-order valence-corrected chi connectivity index (χ3v) is 2.80. The van der Waals surface area contributed by atoms with Crippen molar-refractivity contribution in [2.24, 2.45) is 0 Å². The molecule has 0 aliphatic heterocycles. The molecular formula is C10H8O3S. The van der Waals surface area contributed by atoms with Gasteiger partial charge in [-0.15, -0.1) is 0 Å². The molecule has 2 aromatic rings. The summed E-state index contributed by atoms with van der Waals surface area (Å²) in [4.78, 5) is 21.6. The minimum atomic E-state index is -0.323. The van der Waals surface area contributed by atoms with Gasteiger partial charge in [-0.3, -0.25) is 4.79 Å². The van der Waals surface area contributed by atoms with E-state index in [1.807, 2.05) is 6.07 Å². The minimum absolute atomic E-state index is 0.0818. The largest absolute Gasteiger partial charge is 0.414 e. The third kappa shape index (κ3) is 1.61. The van der Waals surface area contributed by atoms with E-state index in [9.17, 15) is 9.59 Å². The number of rotatable bonds is 2. The fraction of sp³-hybridized carbons (Fsp3) is 0.200. The van der Waals surface area contributed by atoms with E-state index in [-0.39, 0.29) is 10.7 Å². The van der Waals surface area contributed by atoms with Crippen LogP contribution in [-0.4, -0.2) is 5.78 Å². The van der Waals surface area contributed by atoms with E-state index < -0.39 is 0 Å². The Labute approximate surface area is 84.0 Å². The normalized spacial score (nSPS) is 10.6. The van der Waals surface area contributed by atoms with Gasteiger partial charge in [-0.2, -0.15) is 0 Å². The first-order chi connectivity index (χ1) is 6.66. The molecule has 0 N–H and O–H groups in total. The monoisotopic (exact) mass is 208 g/mol. The molecule has 0 saturated heterocycles. The van der Waals surface area contributed by atoms with E-state index in [1.54, 1.807) is 12.1 Å². The average molecular weight is 208 g/mol. The lowest BCUT2D eigenvalue weighted by Gasteiger charge is -1.96. The summed E-state index contributed by atoms with van der Waals surface area (Å²) in [6, 6.07) is 5.36. The van der Waals surface area contributed by atoms with Gasteiger partial charge in [0.25, 0.3) is 0 Å². The highest BCUT2D eigenvalue weighted by atomic mass is 32.1. The van der Waals surface area contributed by atoms with Crippen LogP contribution in [0.25, 0.3) is 10.3 Å². The smallest absolute Gasteiger partial charge is 0.396 e. The Morgan fingerprint density at radius 3 is 3.00 bits per heavy atom. The van der Waals surface area contributed by atoms with Crippen LogP contribution in [-0.2, 0) is 11.2 Å². The molecule has 0 aliphatic rings. The van der Waals surface area contributed by atoms with Crippen molar-refractivity contribution < 1.29 is 9.21 Å². The summed E-state index contributed by atoms with van der Waals surface area (Å²) >= 11 is 1.05. The van der Waals surface area contributed by atoms with Crippen LogP contribution in [0.4, 0.5) is 0 Å². The number of carbonyl (C=O) groups is 1. The van der Waals surface area contributed by atoms with Crippen molar-refractivity contribution >= 4 is 27.4 Å². The summed E-state index contributed by atoms with van der Waals surface area (Å²) < 4.78 is 5.73. The molecule has 1 aromatic carbocycles. The zero-order chi connectivity index (χ0) is 10.1. The zero-order valence-electron chi connectivity index (χ0n) is 7.57. The minimum Gasteiger partial charge on any atom is -0.414 e. The summed E-state index contributed by atoms with van der Waals surface area (Å²) in [6.07, 6.45) is 0.354. The maximum Gasteiger partial charge on any atom is 0.396 e. The summed E-state index contributed by atoms with van der Waals surface area (Å²) in [5.41, 5.74) is 1.43. The Kier molecular flexibility index (Phi) is 2.21. The predicted octanol–water partition coefficient (Wildman–Crippen LogP) is 1.99. The van der Waals surface area contributed by atoms with Crippen LogP contribution >= 0.6 is 11.3 Å². The molecule has 1 heterocycles. The number of benzene rings is 1. The number of Topliss-reactive ketones (excluding diaryl/α,β-unsaturated/α-hetero) is 1. The first-order valence-electron chi connectivity index (χ1n) is 4.18. The predicted molar refractivity (Wildman–Crippen MR) is 54.7 cm³/mol. The molecule has 2 rings (SSSR count). The summed E-state index contributed by atoms with van der Waals surface area (Å²) in [5, 5.41) is 0. The maximum absolute atomic E-state index is 11.0. The molecule has 3 nitrogen and oxygen atoms in total. The van der Waals surface area contributed by atoms with Crippen molar-refractivity contribution in [1.29, 1.82) is 0 Å². The number of fused-ring (bicyclic) bond motifs is 1. The molecule has 0 atom stereocenters. The van der Waals surface area contributed by atoms with Crippen LogP contribution in [0.3, 0.4) is 0 Å². The van der Waals surface area contributed by atoms with E-state index in [1.165, 1.54) is 6.92 Å². The van der Waals surface area contributed by atoms with Gasteiger partial charge in [0.1, 0.15) is 11.4 Å². The van der Waals surface area contributed by atoms with Crippen molar-refractivity contribution in [3.05, 3.63) is 33.5 Å². The van der Waals surface area contributed by atoms with E-state index in [0.29, 0.717) is 12.0 Å². The number of ketones is 1. The van der Waals surface area contributed by atoms with Crippen molar-refractivity contribution in [2.45, 2.75) is 13.3 Å². The highest BCUT2D eigenvalue weighted by molar-refractivity contribution is 7.16. The van der Waals surface area contributed by atoms with E-state index in [0.717, 1.165) is 21.6 Å². The molecule has 0 spiro atoms. The molecule has 1 aromatic heterocycles. The fourth-order valence-electron chi connectivity index (χ4n) is 1.36. The second-order valence-corrected chi connectivity index (χ2v) is 4.02. The Balaban J connectivity index is 2.64. The lowest BCUT2D eigenvalue weighted by molar-refractivity contribution is -0.116. The standard InChI is InChI=1S/C10H8O3S/c1-6(11)5-7-3-2-4-8-9(7)14-10(12)13-8/h2-4H,5H2,1H3. The topological polar surface area (TPSA) is 47.3 Å². The van der Waals surface area contributed by atoms with E-state index >= 15 is 0 Å². The molecule has 14 heavy (non-hydrogen) atoms. The molecule has 0 saturated carbocycles. The van der Waals surface area contributed by atoms with Crippen LogP contribution in [0.2, 0.25) is 0 Å². The third-order valence-electron chi connectivity index (χ3n) is 1.88. The Morgan fingerprint density at radius 2 is 2.29 bits per heavy atom. The molecule has 0 unspecified atom stereocenters. The van der Waals surface area contributed by atoms with Gasteiger partial charge in [-0.1, -0.05) is 23.5 Å². The van der Waals surface area contributed by atoms with Crippen LogP contribution in [0.5, 0.6) is 0 Å². The fourth-order valence-corrected chi connectivity index (χ4v) is 2.14. The molecule has 0 radical (unpaired) electrons. The molecule has 0 aliphatic carbocycles. The molecule has 72 valence electrons. The molecule has 0 fully saturated rings. The summed E-state index contributed by atoms with van der Waals surface area (Å²) in [7, 11) is 0. The van der Waals surface area contributed by atoms with E-state index in [4.69, 9.17) is 4.42 Å². The summed E-state index contributed by atoms with van der Waals surface area (Å²) in [5.74, 6) is 0.0818. The summed E-state index contributed by atoms with van der Waals surface area (Å²) in [6.45, 7) is 1.53. The second kappa shape index (κ2) is 3.38. The molecule has 0 bridgehead atoms. The van der Waals surface area contributed by atoms with Crippen LogP contribution < -0.4 is 4.94 Å². The number of hydrogen-bond donors (Lipinski definition) is 0. The van der Waals surface area contributed by atoms with Gasteiger partial charge in [-0.05, 0) is 18.6 Å². The lowest BCUT2D eigenvalue weighted by Crippen LogP contribution is -1.95. The highest BCUT2D eigenvalue weighted by Crippen LogP contribution is 2.21. The van der Waals surface area contributed by atoms with E-state index in [2.05, 4.69) is 0 Å². The Morgan fingerprint density at radius 1 is 1.50 bits per heavy atom. The van der Waals surface area contributed by atoms with Gasteiger partial charge in [-0.25, -0.2) is 4.79 Å². The van der Waals surface area contributed by atoms with Crippen LogP contribution in [0, 0.1) is 0 Å². The van der Waals surface area contributed by atoms with Gasteiger partial charge < -0.3 is 4.42 Å². The average Bonchev–Trinajstić information content (AvgIpc) is 2.45. The molecule has 0 amide bonds. The highest BCUT2D eigenvalue weighted by Gasteiger charge is 2.08. The maximum atomic E-state index is 11.0. The van der Waals surface area contributed by atoms with Gasteiger partial charge >= 0.3 is 4.94 Å². The van der Waals surface area contributed by atoms with Crippen molar-refractivity contribution in [3.8, 4) is 0 Å². The Bertz CT molecular complexity index is 536. The number of hydrogen-bond acceptors (Lipinski definition) is 4. The van der Waals surface area contributed by atoms with Crippen LogP contribution in [0.1, 0.15) is 12.5 Å². The second-order valence-electron chi connectivity index (χ2n) is 3.08. The lowest BCUT2D eigenvalue weighted by atomic mass is 10.1. The first kappa shape index (κ1) is 9.15. The molecular weight excluding hydrogens is 200 g/mol. The SMILES string of the molecule is CC(=O)Cc1cccc2oc(=O)sc12. The van der Waals surface area contributed by atoms with Crippen molar-refractivity contribution in [1.82, 2.24) is 0 Å².